The van der Waals surface area contributed by atoms with Crippen molar-refractivity contribution in [2.24, 2.45) is 0 Å². The Bertz CT molecular complexity index is 734. The van der Waals surface area contributed by atoms with Crippen LogP contribution in [0.2, 0.25) is 0 Å². The van der Waals surface area contributed by atoms with Crippen LogP contribution < -0.4 is 10.6 Å². The number of amides is 2. The smallest absolute Gasteiger partial charge is 0.373 e. The van der Waals surface area contributed by atoms with Crippen molar-refractivity contribution in [1.29, 1.82) is 0 Å². The number of hydrogen-bond acceptors (Lipinski definition) is 6. The number of rotatable bonds is 9. The molecule has 8 nitrogen and oxygen atoms in total. The van der Waals surface area contributed by atoms with Gasteiger partial charge in [0.25, 0.3) is 5.91 Å². The van der Waals surface area contributed by atoms with Crippen molar-refractivity contribution < 1.29 is 29.0 Å². The Balaban J connectivity index is 1.84. The number of benzene rings is 1. The van der Waals surface area contributed by atoms with Crippen molar-refractivity contribution in [3.05, 3.63) is 47.7 Å². The number of esters is 1. The molecule has 29 heavy (non-hydrogen) atoms. The van der Waals surface area contributed by atoms with Crippen LogP contribution >= 0.6 is 0 Å². The molecule has 158 valence electrons. The first kappa shape index (κ1) is 22.4. The highest BCUT2D eigenvalue weighted by molar-refractivity contribution is 5.89. The van der Waals surface area contributed by atoms with E-state index >= 15 is 0 Å². The van der Waals surface area contributed by atoms with Crippen LogP contribution in [0, 0.1) is 0 Å². The quantitative estimate of drug-likeness (QED) is 0.415. The van der Waals surface area contributed by atoms with E-state index in [2.05, 4.69) is 27.5 Å². The molecule has 0 spiro atoms. The van der Waals surface area contributed by atoms with Gasteiger partial charge in [-0.3, -0.25) is 9.59 Å². The summed E-state index contributed by atoms with van der Waals surface area (Å²) in [5, 5.41) is 15.5. The molecule has 0 saturated heterocycles. The number of nitrogens with one attached hydrogen (secondary N) is 2. The van der Waals surface area contributed by atoms with Crippen LogP contribution in [0.3, 0.4) is 0 Å². The SMILES string of the molecule is COC(=O)C1=C[C@@H](O)[C@@H](NC(C)=O)[C@H](C(=O)NCCCCCc2ccccc2)O1. The number of ether oxygens (including phenoxy) is 2. The second-order valence-corrected chi connectivity index (χ2v) is 6.87. The minimum Gasteiger partial charge on any atom is -0.471 e. The van der Waals surface area contributed by atoms with E-state index in [0.717, 1.165) is 31.8 Å². The van der Waals surface area contributed by atoms with Crippen LogP contribution in [-0.4, -0.2) is 54.8 Å². The van der Waals surface area contributed by atoms with Crippen molar-refractivity contribution >= 4 is 17.8 Å². The molecule has 0 aromatic heterocycles. The molecule has 3 N–H and O–H groups in total. The summed E-state index contributed by atoms with van der Waals surface area (Å²) in [6.07, 6.45) is 2.32. The Morgan fingerprint density at radius 1 is 1.14 bits per heavy atom. The molecule has 1 aromatic rings. The van der Waals surface area contributed by atoms with Gasteiger partial charge in [-0.25, -0.2) is 4.79 Å². The summed E-state index contributed by atoms with van der Waals surface area (Å²) < 4.78 is 10.0. The molecule has 2 amide bonds. The summed E-state index contributed by atoms with van der Waals surface area (Å²) in [6, 6.07) is 9.18. The molecule has 0 aliphatic carbocycles. The van der Waals surface area contributed by atoms with Crippen molar-refractivity contribution in [2.45, 2.75) is 50.9 Å². The summed E-state index contributed by atoms with van der Waals surface area (Å²) >= 11 is 0. The van der Waals surface area contributed by atoms with Crippen LogP contribution in [-0.2, 0) is 30.3 Å². The fourth-order valence-corrected chi connectivity index (χ4v) is 3.10. The van der Waals surface area contributed by atoms with Crippen molar-refractivity contribution in [2.75, 3.05) is 13.7 Å². The first-order valence-corrected chi connectivity index (χ1v) is 9.66. The molecular formula is C21H28N2O6. The third kappa shape index (κ3) is 6.90. The minimum absolute atomic E-state index is 0.260. The lowest BCUT2D eigenvalue weighted by Crippen LogP contribution is -2.58. The van der Waals surface area contributed by atoms with E-state index in [9.17, 15) is 19.5 Å². The van der Waals surface area contributed by atoms with Gasteiger partial charge in [0.15, 0.2) is 6.10 Å². The largest absolute Gasteiger partial charge is 0.471 e. The Labute approximate surface area is 170 Å². The Kier molecular flexibility index (Phi) is 8.67. The second kappa shape index (κ2) is 11.2. The Morgan fingerprint density at radius 2 is 1.86 bits per heavy atom. The standard InChI is InChI=1S/C21H28N2O6/c1-14(24)23-18-16(25)13-17(21(27)28-2)29-19(18)20(26)22-12-8-4-7-11-15-9-5-3-6-10-15/h3,5-6,9-10,13,16,18-19,25H,4,7-8,11-12H2,1-2H3,(H,22,26)(H,23,24)/t16-,18-,19-/m1/s1. The molecule has 1 aromatic carbocycles. The van der Waals surface area contributed by atoms with Crippen molar-refractivity contribution in [3.63, 3.8) is 0 Å². The lowest BCUT2D eigenvalue weighted by molar-refractivity contribution is -0.147. The molecule has 0 radical (unpaired) electrons. The molecule has 1 aliphatic heterocycles. The van der Waals surface area contributed by atoms with Gasteiger partial charge in [-0.05, 0) is 30.9 Å². The van der Waals surface area contributed by atoms with Crippen LogP contribution in [0.1, 0.15) is 31.7 Å². The van der Waals surface area contributed by atoms with Gasteiger partial charge in [0, 0.05) is 13.5 Å². The lowest BCUT2D eigenvalue weighted by atomic mass is 9.99. The molecule has 8 heteroatoms. The fourth-order valence-electron chi connectivity index (χ4n) is 3.10. The summed E-state index contributed by atoms with van der Waals surface area (Å²) in [5.74, 6) is -2.00. The zero-order valence-corrected chi connectivity index (χ0v) is 16.7. The molecule has 0 bridgehead atoms. The molecular weight excluding hydrogens is 376 g/mol. The minimum atomic E-state index is -1.26. The van der Waals surface area contributed by atoms with E-state index in [0.29, 0.717) is 6.54 Å². The van der Waals surface area contributed by atoms with Gasteiger partial charge in [0.1, 0.15) is 12.1 Å². The van der Waals surface area contributed by atoms with Gasteiger partial charge >= 0.3 is 5.97 Å². The number of unbranched alkanes of at least 4 members (excludes halogenated alkanes) is 2. The number of carbonyl (C=O) groups is 3. The van der Waals surface area contributed by atoms with Crippen LogP contribution in [0.15, 0.2) is 42.2 Å². The number of hydrogen-bond donors (Lipinski definition) is 3. The highest BCUT2D eigenvalue weighted by Gasteiger charge is 2.41. The number of aryl methyl sites for hydroxylation is 1. The second-order valence-electron chi connectivity index (χ2n) is 6.87. The maximum Gasteiger partial charge on any atom is 0.373 e. The number of aliphatic hydroxyl groups excluding tert-OH is 1. The molecule has 1 aliphatic rings. The molecule has 1 heterocycles. The monoisotopic (exact) mass is 404 g/mol. The maximum absolute atomic E-state index is 12.6. The van der Waals surface area contributed by atoms with Crippen LogP contribution in [0.4, 0.5) is 0 Å². The topological polar surface area (TPSA) is 114 Å². The molecule has 0 fully saturated rings. The first-order valence-electron chi connectivity index (χ1n) is 9.66. The summed E-state index contributed by atoms with van der Waals surface area (Å²) in [5.41, 5.74) is 1.28. The van der Waals surface area contributed by atoms with Gasteiger partial charge in [0.2, 0.25) is 11.7 Å². The summed E-state index contributed by atoms with van der Waals surface area (Å²) in [4.78, 5) is 35.7. The third-order valence-electron chi connectivity index (χ3n) is 4.57. The Hall–Kier alpha value is -2.87. The van der Waals surface area contributed by atoms with E-state index in [1.807, 2.05) is 18.2 Å². The predicted molar refractivity (Wildman–Crippen MR) is 106 cm³/mol. The maximum atomic E-state index is 12.6. The zero-order chi connectivity index (χ0) is 21.2. The predicted octanol–water partition coefficient (Wildman–Crippen LogP) is 0.837. The summed E-state index contributed by atoms with van der Waals surface area (Å²) in [7, 11) is 1.17. The Morgan fingerprint density at radius 3 is 2.52 bits per heavy atom. The van der Waals surface area contributed by atoms with Crippen LogP contribution in [0.25, 0.3) is 0 Å². The van der Waals surface area contributed by atoms with Gasteiger partial charge in [-0.2, -0.15) is 0 Å². The average Bonchev–Trinajstić information content (AvgIpc) is 2.71. The van der Waals surface area contributed by atoms with Crippen LogP contribution in [0.5, 0.6) is 0 Å². The van der Waals surface area contributed by atoms with E-state index in [1.165, 1.54) is 19.6 Å². The fraction of sp³-hybridized carbons (Fsp3) is 0.476. The first-order chi connectivity index (χ1) is 13.9. The van der Waals surface area contributed by atoms with Gasteiger partial charge in [-0.15, -0.1) is 0 Å². The van der Waals surface area contributed by atoms with E-state index < -0.39 is 36.0 Å². The van der Waals surface area contributed by atoms with Crippen molar-refractivity contribution in [1.82, 2.24) is 10.6 Å². The highest BCUT2D eigenvalue weighted by Crippen LogP contribution is 2.20. The van der Waals surface area contributed by atoms with Gasteiger partial charge in [-0.1, -0.05) is 36.8 Å². The third-order valence-corrected chi connectivity index (χ3v) is 4.57. The van der Waals surface area contributed by atoms with Crippen molar-refractivity contribution in [3.8, 4) is 0 Å². The number of carbonyl (C=O) groups excluding carboxylic acids is 3. The molecule has 3 atom stereocenters. The van der Waals surface area contributed by atoms with E-state index in [4.69, 9.17) is 4.74 Å². The van der Waals surface area contributed by atoms with E-state index in [1.54, 1.807) is 0 Å². The normalized spacial score (nSPS) is 20.8. The molecule has 0 saturated carbocycles. The van der Waals surface area contributed by atoms with E-state index in [-0.39, 0.29) is 5.76 Å². The number of aliphatic hydroxyl groups is 1. The lowest BCUT2D eigenvalue weighted by Gasteiger charge is -2.33. The average molecular weight is 404 g/mol. The molecule has 0 unspecified atom stereocenters. The zero-order valence-electron chi connectivity index (χ0n) is 16.7. The molecule has 2 rings (SSSR count). The highest BCUT2D eigenvalue weighted by atomic mass is 16.6. The van der Waals surface area contributed by atoms with Gasteiger partial charge in [0.05, 0.1) is 7.11 Å². The number of methoxy groups -OCH3 is 1. The van der Waals surface area contributed by atoms with Gasteiger partial charge < -0.3 is 25.2 Å². The summed E-state index contributed by atoms with van der Waals surface area (Å²) in [6.45, 7) is 1.70.